The molecule has 1 aliphatic heterocycles. The van der Waals surface area contributed by atoms with Crippen molar-refractivity contribution in [2.75, 3.05) is 0 Å². The summed E-state index contributed by atoms with van der Waals surface area (Å²) in [6, 6.07) is 9.07. The van der Waals surface area contributed by atoms with Crippen LogP contribution in [-0.2, 0) is 10.9 Å². The molecule has 0 saturated heterocycles. The molecule has 0 spiro atoms. The minimum atomic E-state index is -4.69. The average Bonchev–Trinajstić information content (AvgIpc) is 3.14. The molecule has 160 valence electrons. The highest BCUT2D eigenvalue weighted by Crippen LogP contribution is 2.38. The predicted octanol–water partition coefficient (Wildman–Crippen LogP) is 5.04. The van der Waals surface area contributed by atoms with E-state index in [0.29, 0.717) is 17.0 Å². The van der Waals surface area contributed by atoms with E-state index in [9.17, 15) is 13.2 Å². The Kier molecular flexibility index (Phi) is 5.32. The number of para-hydroxylation sites is 1. The molecule has 6 nitrogen and oxygen atoms in total. The van der Waals surface area contributed by atoms with Crippen molar-refractivity contribution in [1.29, 1.82) is 0 Å². The van der Waals surface area contributed by atoms with E-state index in [1.54, 1.807) is 19.1 Å². The van der Waals surface area contributed by atoms with Crippen LogP contribution < -0.4 is 5.73 Å². The van der Waals surface area contributed by atoms with Crippen LogP contribution in [0.1, 0.15) is 29.4 Å². The van der Waals surface area contributed by atoms with Crippen molar-refractivity contribution < 1.29 is 17.9 Å². The van der Waals surface area contributed by atoms with Crippen LogP contribution in [0.4, 0.5) is 18.9 Å². The van der Waals surface area contributed by atoms with E-state index in [2.05, 4.69) is 15.1 Å². The molecule has 31 heavy (non-hydrogen) atoms. The van der Waals surface area contributed by atoms with Gasteiger partial charge in [0.1, 0.15) is 11.5 Å². The SMILES string of the molecule is Cc1cccc2c1N=C(c1cc(C(F)(F)F)nn1-c1ncccc1Cl)OC2=CC(C)N. The molecule has 0 saturated carbocycles. The summed E-state index contributed by atoms with van der Waals surface area (Å²) in [6.45, 7) is 3.61. The summed E-state index contributed by atoms with van der Waals surface area (Å²) in [5, 5.41) is 3.82. The van der Waals surface area contributed by atoms with Gasteiger partial charge in [0.2, 0.25) is 5.90 Å². The third-order valence-electron chi connectivity index (χ3n) is 4.50. The van der Waals surface area contributed by atoms with Crippen LogP contribution >= 0.6 is 11.6 Å². The number of fused-ring (bicyclic) bond motifs is 1. The highest BCUT2D eigenvalue weighted by molar-refractivity contribution is 6.32. The van der Waals surface area contributed by atoms with Crippen LogP contribution in [0.3, 0.4) is 0 Å². The number of aliphatic imine (C=N–C) groups is 1. The minimum Gasteiger partial charge on any atom is -0.437 e. The van der Waals surface area contributed by atoms with Gasteiger partial charge in [0.15, 0.2) is 11.5 Å². The Balaban J connectivity index is 1.96. The molecule has 0 radical (unpaired) electrons. The van der Waals surface area contributed by atoms with Gasteiger partial charge in [-0.1, -0.05) is 23.7 Å². The molecule has 1 unspecified atom stereocenters. The first-order valence-electron chi connectivity index (χ1n) is 9.27. The summed E-state index contributed by atoms with van der Waals surface area (Å²) < 4.78 is 47.3. The second-order valence-electron chi connectivity index (χ2n) is 7.01. The minimum absolute atomic E-state index is 0.0225. The first-order chi connectivity index (χ1) is 14.6. The zero-order chi connectivity index (χ0) is 22.3. The molecule has 0 fully saturated rings. The molecule has 1 aromatic carbocycles. The number of pyridine rings is 1. The van der Waals surface area contributed by atoms with Crippen molar-refractivity contribution in [2.45, 2.75) is 26.1 Å². The molecule has 0 amide bonds. The molecular formula is C21H17ClF3N5O. The standard InChI is InChI=1S/C21H17ClF3N5O/c1-11-5-3-6-13-16(9-12(2)26)31-20(28-18(11)13)15-10-17(21(23,24)25)29-30(15)19-14(22)7-4-8-27-19/h3-10,12H,26H2,1-2H3. The molecule has 0 aliphatic carbocycles. The number of nitrogens with two attached hydrogens (primary N) is 1. The number of benzene rings is 1. The van der Waals surface area contributed by atoms with Crippen molar-refractivity contribution in [3.05, 3.63) is 76.2 Å². The fourth-order valence-corrected chi connectivity index (χ4v) is 3.33. The van der Waals surface area contributed by atoms with E-state index in [1.165, 1.54) is 12.3 Å². The lowest BCUT2D eigenvalue weighted by atomic mass is 10.0. The van der Waals surface area contributed by atoms with E-state index in [-0.39, 0.29) is 28.5 Å². The zero-order valence-electron chi connectivity index (χ0n) is 16.5. The van der Waals surface area contributed by atoms with Gasteiger partial charge in [0, 0.05) is 23.9 Å². The first kappa shape index (κ1) is 21.1. The van der Waals surface area contributed by atoms with E-state index in [4.69, 9.17) is 22.1 Å². The Morgan fingerprint density at radius 1 is 1.23 bits per heavy atom. The summed E-state index contributed by atoms with van der Waals surface area (Å²) in [7, 11) is 0. The molecule has 2 aromatic heterocycles. The Hall–Kier alpha value is -3.17. The average molecular weight is 448 g/mol. The van der Waals surface area contributed by atoms with Crippen molar-refractivity contribution in [3.8, 4) is 5.82 Å². The van der Waals surface area contributed by atoms with Gasteiger partial charge in [-0.15, -0.1) is 0 Å². The van der Waals surface area contributed by atoms with Crippen LogP contribution in [0, 0.1) is 6.92 Å². The van der Waals surface area contributed by atoms with Crippen molar-refractivity contribution in [3.63, 3.8) is 0 Å². The lowest BCUT2D eigenvalue weighted by molar-refractivity contribution is -0.141. The second-order valence-corrected chi connectivity index (χ2v) is 7.42. The maximum Gasteiger partial charge on any atom is 0.435 e. The third kappa shape index (κ3) is 4.06. The topological polar surface area (TPSA) is 78.3 Å². The third-order valence-corrected chi connectivity index (χ3v) is 4.79. The predicted molar refractivity (Wildman–Crippen MR) is 111 cm³/mol. The summed E-state index contributed by atoms with van der Waals surface area (Å²) in [5.74, 6) is 0.347. The number of hydrogen-bond acceptors (Lipinski definition) is 5. The normalized spacial score (nSPS) is 16.0. The summed E-state index contributed by atoms with van der Waals surface area (Å²) >= 11 is 6.18. The number of halogens is 4. The maximum atomic E-state index is 13.5. The van der Waals surface area contributed by atoms with Crippen molar-refractivity contribution >= 4 is 28.9 Å². The lowest BCUT2D eigenvalue weighted by Crippen LogP contribution is -2.19. The molecule has 0 bridgehead atoms. The van der Waals surface area contributed by atoms with Crippen molar-refractivity contribution in [2.24, 2.45) is 10.7 Å². The Bertz CT molecular complexity index is 1210. The molecule has 2 N–H and O–H groups in total. The second kappa shape index (κ2) is 7.82. The first-order valence-corrected chi connectivity index (χ1v) is 9.65. The molecule has 10 heteroatoms. The van der Waals surface area contributed by atoms with Crippen LogP contribution in [-0.4, -0.2) is 26.7 Å². The van der Waals surface area contributed by atoms with Gasteiger partial charge in [-0.25, -0.2) is 14.7 Å². The fourth-order valence-electron chi connectivity index (χ4n) is 3.13. The number of nitrogens with zero attached hydrogens (tertiary/aromatic N) is 4. The fraction of sp³-hybridized carbons (Fsp3) is 0.190. The number of aromatic nitrogens is 3. The smallest absolute Gasteiger partial charge is 0.435 e. The van der Waals surface area contributed by atoms with E-state index in [1.807, 2.05) is 25.1 Å². The largest absolute Gasteiger partial charge is 0.437 e. The Labute approximate surface area is 180 Å². The van der Waals surface area contributed by atoms with E-state index in [0.717, 1.165) is 16.3 Å². The number of hydrogen-bond donors (Lipinski definition) is 1. The maximum absolute atomic E-state index is 13.5. The lowest BCUT2D eigenvalue weighted by Gasteiger charge is -2.21. The molecule has 1 aliphatic rings. The Morgan fingerprint density at radius 3 is 2.68 bits per heavy atom. The summed E-state index contributed by atoms with van der Waals surface area (Å²) in [4.78, 5) is 8.58. The Morgan fingerprint density at radius 2 is 2.00 bits per heavy atom. The van der Waals surface area contributed by atoms with Gasteiger partial charge in [0.05, 0.1) is 10.7 Å². The number of ether oxygens (including phenoxy) is 1. The number of rotatable bonds is 3. The summed E-state index contributed by atoms with van der Waals surface area (Å²) in [5.41, 5.74) is 6.84. The van der Waals surface area contributed by atoms with Crippen molar-refractivity contribution in [1.82, 2.24) is 14.8 Å². The number of alkyl halides is 3. The van der Waals surface area contributed by atoms with E-state index < -0.39 is 11.9 Å². The van der Waals surface area contributed by atoms with E-state index >= 15 is 0 Å². The molecule has 3 aromatic rings. The van der Waals surface area contributed by atoms with Crippen LogP contribution in [0.15, 0.2) is 53.7 Å². The van der Waals surface area contributed by atoms with Gasteiger partial charge in [-0.2, -0.15) is 18.3 Å². The van der Waals surface area contributed by atoms with Gasteiger partial charge >= 0.3 is 6.18 Å². The highest BCUT2D eigenvalue weighted by atomic mass is 35.5. The summed E-state index contributed by atoms with van der Waals surface area (Å²) in [6.07, 6.45) is -1.61. The highest BCUT2D eigenvalue weighted by Gasteiger charge is 2.37. The number of aryl methyl sites for hydroxylation is 1. The van der Waals surface area contributed by atoms with Gasteiger partial charge in [-0.05, 0) is 43.7 Å². The zero-order valence-corrected chi connectivity index (χ0v) is 17.2. The molecule has 3 heterocycles. The van der Waals surface area contributed by atoms with Crippen LogP contribution in [0.5, 0.6) is 0 Å². The van der Waals surface area contributed by atoms with Gasteiger partial charge < -0.3 is 10.5 Å². The van der Waals surface area contributed by atoms with Crippen LogP contribution in [0.25, 0.3) is 11.6 Å². The molecular weight excluding hydrogens is 431 g/mol. The van der Waals surface area contributed by atoms with Crippen LogP contribution in [0.2, 0.25) is 5.02 Å². The monoisotopic (exact) mass is 447 g/mol. The quantitative estimate of drug-likeness (QED) is 0.609. The molecule has 1 atom stereocenters. The van der Waals surface area contributed by atoms with Gasteiger partial charge in [-0.3, -0.25) is 0 Å². The molecule has 4 rings (SSSR count). The van der Waals surface area contributed by atoms with Gasteiger partial charge in [0.25, 0.3) is 0 Å².